The monoisotopic (exact) mass is 864 g/mol. The van der Waals surface area contributed by atoms with E-state index >= 15 is 0 Å². The molecule has 2 aromatic heterocycles. The van der Waals surface area contributed by atoms with Crippen molar-refractivity contribution >= 4 is 31.8 Å². The van der Waals surface area contributed by atoms with Gasteiger partial charge in [0, 0.05) is 32.3 Å². The molecule has 2 amide bonds. The molecule has 0 aliphatic heterocycles. The molecule has 0 unspecified atom stereocenters. The number of benzene rings is 2. The van der Waals surface area contributed by atoms with Gasteiger partial charge < -0.3 is 19.5 Å². The lowest BCUT2D eigenvalue weighted by atomic mass is 9.99. The van der Waals surface area contributed by atoms with Crippen molar-refractivity contribution in [2.45, 2.75) is 139 Å². The maximum Gasteiger partial charge on any atom is 0.333 e. The number of aromatic nitrogens is 4. The predicted octanol–water partition coefficient (Wildman–Crippen LogP) is 5.28. The van der Waals surface area contributed by atoms with Crippen LogP contribution in [0.3, 0.4) is 0 Å². The zero-order chi connectivity index (χ0) is 43.5. The van der Waals surface area contributed by atoms with E-state index in [2.05, 4.69) is 32.4 Å². The minimum Gasteiger partial charge on any atom is -0.387 e. The van der Waals surface area contributed by atoms with Crippen LogP contribution < -0.4 is 19.9 Å². The molecule has 0 radical (unpaired) electrons. The summed E-state index contributed by atoms with van der Waals surface area (Å²) in [6, 6.07) is 6.59. The normalized spacial score (nSPS) is 15.4. The minimum absolute atomic E-state index is 0.130. The third-order valence-corrected chi connectivity index (χ3v) is 13.5. The van der Waals surface area contributed by atoms with Crippen molar-refractivity contribution in [1.29, 1.82) is 5.26 Å². The number of rotatable bonds is 11. The van der Waals surface area contributed by atoms with E-state index in [1.807, 2.05) is 34.0 Å². The zero-order valence-electron chi connectivity index (χ0n) is 35.3. The highest BCUT2D eigenvalue weighted by atomic mass is 32.2. The van der Waals surface area contributed by atoms with E-state index in [-0.39, 0.29) is 10.1 Å². The minimum atomic E-state index is -4.08. The second-order valence-corrected chi connectivity index (χ2v) is 20.0. The summed E-state index contributed by atoms with van der Waals surface area (Å²) in [5.41, 5.74) is 10.2. The second-order valence-electron chi connectivity index (χ2n) is 16.9. The van der Waals surface area contributed by atoms with Crippen LogP contribution in [0.5, 0.6) is 5.75 Å². The first-order valence-electron chi connectivity index (χ1n) is 20.3. The molecule has 4 aromatic rings. The summed E-state index contributed by atoms with van der Waals surface area (Å²) in [6.45, 7) is 8.36. The maximum atomic E-state index is 12.7. The number of amides is 2. The van der Waals surface area contributed by atoms with Gasteiger partial charge in [0.1, 0.15) is 5.75 Å². The van der Waals surface area contributed by atoms with Crippen molar-refractivity contribution in [3.8, 4) is 12.0 Å². The first-order chi connectivity index (χ1) is 28.3. The molecular weight excluding hydrogens is 809 g/mol. The summed E-state index contributed by atoms with van der Waals surface area (Å²) < 4.78 is 68.1. The Morgan fingerprint density at radius 1 is 0.733 bits per heavy atom. The van der Waals surface area contributed by atoms with Gasteiger partial charge in [0.25, 0.3) is 26.3 Å². The Bertz CT molecular complexity index is 2440. The number of anilines is 1. The lowest BCUT2D eigenvalue weighted by Crippen LogP contribution is -2.35. The molecule has 4 aliphatic rings. The fraction of sp³-hybridized carbons (Fsp3) is 0.524. The fourth-order valence-electron chi connectivity index (χ4n) is 8.28. The van der Waals surface area contributed by atoms with E-state index in [0.717, 1.165) is 86.8 Å². The quantitative estimate of drug-likeness (QED) is 0.165. The summed E-state index contributed by atoms with van der Waals surface area (Å²) in [5, 5.41) is 24.1. The Balaban J connectivity index is 0.000000168. The van der Waals surface area contributed by atoms with Crippen molar-refractivity contribution in [3.63, 3.8) is 0 Å². The molecule has 0 bridgehead atoms. The Morgan fingerprint density at radius 2 is 1.15 bits per heavy atom. The number of hydrogen-bond donors (Lipinski definition) is 3. The fourth-order valence-corrected chi connectivity index (χ4v) is 9.60. The van der Waals surface area contributed by atoms with Gasteiger partial charge in [-0.3, -0.25) is 9.36 Å². The zero-order valence-corrected chi connectivity index (χ0v) is 36.9. The van der Waals surface area contributed by atoms with Gasteiger partial charge in [-0.15, -0.1) is 5.26 Å². The van der Waals surface area contributed by atoms with E-state index in [0.29, 0.717) is 13.1 Å². The van der Waals surface area contributed by atoms with E-state index in [1.54, 1.807) is 26.6 Å². The molecule has 2 heterocycles. The molecule has 60 heavy (non-hydrogen) atoms. The summed E-state index contributed by atoms with van der Waals surface area (Å²) >= 11 is 0. The lowest BCUT2D eigenvalue weighted by Gasteiger charge is -2.22. The molecule has 0 saturated carbocycles. The number of fused-ring (bicyclic) bond motifs is 4. The van der Waals surface area contributed by atoms with Crippen LogP contribution in [0.15, 0.2) is 46.7 Å². The molecule has 0 saturated heterocycles. The van der Waals surface area contributed by atoms with Gasteiger partial charge in [0.05, 0.1) is 24.3 Å². The molecule has 2 aromatic carbocycles. The summed E-state index contributed by atoms with van der Waals surface area (Å²) in [6.07, 6.45) is 17.8. The third-order valence-electron chi connectivity index (χ3n) is 11.5. The molecule has 4 aliphatic carbocycles. The molecule has 16 nitrogen and oxygen atoms in total. The smallest absolute Gasteiger partial charge is 0.333 e. The second kappa shape index (κ2) is 18.0. The van der Waals surface area contributed by atoms with Gasteiger partial charge in [0.2, 0.25) is 0 Å². The Labute approximate surface area is 352 Å². The van der Waals surface area contributed by atoms with E-state index in [9.17, 15) is 21.6 Å². The van der Waals surface area contributed by atoms with Crippen molar-refractivity contribution in [3.05, 3.63) is 81.2 Å². The van der Waals surface area contributed by atoms with Crippen LogP contribution in [0, 0.1) is 11.5 Å². The van der Waals surface area contributed by atoms with Gasteiger partial charge in [-0.2, -0.15) is 18.6 Å². The molecular formula is C42H56N8O8S2. The number of nitrogens with one attached hydrogen (secondary N) is 2. The summed E-state index contributed by atoms with van der Waals surface area (Å²) in [4.78, 5) is 12.6. The van der Waals surface area contributed by atoms with E-state index in [4.69, 9.17) is 24.6 Å². The molecule has 4 N–H and O–H groups in total. The topological polar surface area (TPSA) is 223 Å². The predicted molar refractivity (Wildman–Crippen MR) is 225 cm³/mol. The van der Waals surface area contributed by atoms with Crippen LogP contribution >= 0.6 is 0 Å². The van der Waals surface area contributed by atoms with Crippen LogP contribution in [-0.4, -0.2) is 67.8 Å². The first-order valence-corrected chi connectivity index (χ1v) is 23.3. The number of nitriles is 1. The number of nitrogens with two attached hydrogens (primary N) is 1. The van der Waals surface area contributed by atoms with Crippen molar-refractivity contribution in [2.75, 3.05) is 19.5 Å². The number of urea groups is 1. The Morgan fingerprint density at radius 3 is 1.57 bits per heavy atom. The van der Waals surface area contributed by atoms with Crippen LogP contribution in [-0.2, 0) is 94.0 Å². The molecule has 324 valence electrons. The number of aryl methyl sites for hydroxylation is 4. The van der Waals surface area contributed by atoms with Crippen molar-refractivity contribution in [1.82, 2.24) is 24.3 Å². The largest absolute Gasteiger partial charge is 0.387 e. The van der Waals surface area contributed by atoms with Crippen LogP contribution in [0.1, 0.15) is 97.9 Å². The van der Waals surface area contributed by atoms with Gasteiger partial charge in [-0.05, 0) is 161 Å². The molecule has 18 heteroatoms. The molecule has 0 atom stereocenters. The van der Waals surface area contributed by atoms with Crippen molar-refractivity contribution in [2.24, 2.45) is 5.14 Å². The van der Waals surface area contributed by atoms with Crippen LogP contribution in [0.4, 0.5) is 10.5 Å². The highest BCUT2D eigenvalue weighted by Gasteiger charge is 2.29. The molecule has 8 rings (SSSR count). The molecule has 0 fully saturated rings. The SMILES string of the molecule is COC(C)(C)Cn1ccc(S(=O)(=O)NC(=O)Nc2c3c(cc4c2CCC4)CCC3)n1.COC(C)(C)Cn1ccc(S(N)(=O)=O)n1.N#COc1c2c(cc3c1CCC3)CCC2. The number of ether oxygens (including phenoxy) is 3. The van der Waals surface area contributed by atoms with E-state index in [1.165, 1.54) is 67.7 Å². The highest BCUT2D eigenvalue weighted by molar-refractivity contribution is 7.90. The van der Waals surface area contributed by atoms with E-state index < -0.39 is 37.3 Å². The maximum absolute atomic E-state index is 12.7. The lowest BCUT2D eigenvalue weighted by molar-refractivity contribution is 0.00487. The number of methoxy groups -OCH3 is 2. The Hall–Kier alpha value is -4.80. The van der Waals surface area contributed by atoms with Crippen LogP contribution in [0.25, 0.3) is 0 Å². The standard InChI is InChI=1S/C21H28N4O4S.C13H13NO.C8H15N3O3S/c1-21(2,29-3)13-25-11-10-18(23-25)30(27,28)24-20(26)22-19-16-8-4-6-14(16)12-15-7-5-9-17(15)19;14-8-15-13-11-5-1-3-9(11)7-10-4-2-6-12(10)13;1-8(2,14-3)6-11-5-4-7(10-11)15(9,12)13/h10-12H,4-9,13H2,1-3H3,(H2,22,24,26);7H,1-6H2;4-5H,6H2,1-3H3,(H2,9,12,13). The average molecular weight is 865 g/mol. The third kappa shape index (κ3) is 10.6. The van der Waals surface area contributed by atoms with Crippen molar-refractivity contribution < 1.29 is 35.8 Å². The van der Waals surface area contributed by atoms with Crippen LogP contribution in [0.2, 0.25) is 0 Å². The number of carbonyl (C=O) groups excluding carboxylic acids is 1. The summed E-state index contributed by atoms with van der Waals surface area (Å²) in [5.74, 6) is 0.903. The number of primary sulfonamides is 1. The Kier molecular flexibility index (Phi) is 13.5. The average Bonchev–Trinajstić information content (AvgIpc) is 4.03. The highest BCUT2D eigenvalue weighted by Crippen LogP contribution is 2.40. The van der Waals surface area contributed by atoms with Gasteiger partial charge in [-0.25, -0.2) is 23.1 Å². The first kappa shape index (κ1) is 44.7. The van der Waals surface area contributed by atoms with Gasteiger partial charge >= 0.3 is 6.03 Å². The molecule has 0 spiro atoms. The number of nitrogens with zero attached hydrogens (tertiary/aromatic N) is 5. The number of hydrogen-bond acceptors (Lipinski definition) is 11. The van der Waals surface area contributed by atoms with Gasteiger partial charge in [-0.1, -0.05) is 12.1 Å². The van der Waals surface area contributed by atoms with Gasteiger partial charge in [0.15, 0.2) is 10.1 Å². The number of sulfonamides is 2. The number of carbonyl (C=O) groups is 1. The summed E-state index contributed by atoms with van der Waals surface area (Å²) in [7, 11) is -4.63.